The molecule has 0 radical (unpaired) electrons. The molecule has 0 spiro atoms. The van der Waals surface area contributed by atoms with Gasteiger partial charge in [0.05, 0.1) is 11.6 Å². The first-order chi connectivity index (χ1) is 15.1. The molecular formula is C30H35N. The third kappa shape index (κ3) is 3.72. The molecule has 0 unspecified atom stereocenters. The molecule has 0 atom stereocenters. The molecule has 0 fully saturated rings. The highest BCUT2D eigenvalue weighted by atomic mass is 14.3. The maximum absolute atomic E-state index is 9.86. The third-order valence-corrected chi connectivity index (χ3v) is 5.60. The summed E-state index contributed by atoms with van der Waals surface area (Å²) in [6.45, 7) is 18.4. The van der Waals surface area contributed by atoms with Crippen LogP contribution in [0.5, 0.6) is 0 Å². The maximum atomic E-state index is 9.86. The summed E-state index contributed by atoms with van der Waals surface area (Å²) in [5.74, 6) is 0. The van der Waals surface area contributed by atoms with E-state index in [9.17, 15) is 5.26 Å². The highest BCUT2D eigenvalue weighted by molar-refractivity contribution is 6.35. The Kier molecular flexibility index (Phi) is 8.01. The van der Waals surface area contributed by atoms with Crippen LogP contribution in [0.15, 0.2) is 48.5 Å². The van der Waals surface area contributed by atoms with Crippen LogP contribution in [0, 0.1) is 32.1 Å². The highest BCUT2D eigenvalue weighted by Crippen LogP contribution is 2.44. The summed E-state index contributed by atoms with van der Waals surface area (Å²) >= 11 is 0. The lowest BCUT2D eigenvalue weighted by molar-refractivity contribution is 1.45. The summed E-state index contributed by atoms with van der Waals surface area (Å²) < 4.78 is 0. The SMILES string of the molecule is CC.CC.CC.Cc1ccc2c3cccc4ccc(C)c(c5c(C#N)cc(C)c1c25)c43. The predicted molar refractivity (Wildman–Crippen MR) is 141 cm³/mol. The molecule has 1 heteroatoms. The zero-order valence-electron chi connectivity index (χ0n) is 20.6. The van der Waals surface area contributed by atoms with Gasteiger partial charge >= 0.3 is 0 Å². The van der Waals surface area contributed by atoms with E-state index in [1.54, 1.807) is 0 Å². The van der Waals surface area contributed by atoms with Gasteiger partial charge < -0.3 is 0 Å². The van der Waals surface area contributed by atoms with Crippen LogP contribution in [0.1, 0.15) is 63.8 Å². The third-order valence-electron chi connectivity index (χ3n) is 5.60. The van der Waals surface area contributed by atoms with Crippen LogP contribution in [0.2, 0.25) is 0 Å². The minimum Gasteiger partial charge on any atom is -0.192 e. The quantitative estimate of drug-likeness (QED) is 0.184. The lowest BCUT2D eigenvalue weighted by atomic mass is 9.84. The van der Waals surface area contributed by atoms with E-state index in [0.717, 1.165) is 10.9 Å². The van der Waals surface area contributed by atoms with Gasteiger partial charge in [-0.3, -0.25) is 0 Å². The average Bonchev–Trinajstić information content (AvgIpc) is 2.83. The Morgan fingerprint density at radius 2 is 1.13 bits per heavy atom. The average molecular weight is 410 g/mol. The first kappa shape index (κ1) is 24.2. The first-order valence-corrected chi connectivity index (χ1v) is 11.6. The lowest BCUT2D eigenvalue weighted by Gasteiger charge is -2.19. The first-order valence-electron chi connectivity index (χ1n) is 11.6. The van der Waals surface area contributed by atoms with E-state index in [1.807, 2.05) is 41.5 Å². The molecule has 0 aliphatic heterocycles. The van der Waals surface area contributed by atoms with E-state index in [1.165, 1.54) is 54.4 Å². The molecule has 0 bridgehead atoms. The normalized spacial score (nSPS) is 10.1. The molecule has 160 valence electrons. The monoisotopic (exact) mass is 409 g/mol. The van der Waals surface area contributed by atoms with E-state index in [-0.39, 0.29) is 0 Å². The molecule has 0 saturated heterocycles. The second kappa shape index (κ2) is 10.3. The van der Waals surface area contributed by atoms with Crippen LogP contribution >= 0.6 is 0 Å². The van der Waals surface area contributed by atoms with E-state index in [2.05, 4.69) is 75.4 Å². The summed E-state index contributed by atoms with van der Waals surface area (Å²) in [4.78, 5) is 0. The Hall–Kier alpha value is -3.11. The molecule has 0 saturated carbocycles. The van der Waals surface area contributed by atoms with E-state index < -0.39 is 0 Å². The Bertz CT molecular complexity index is 1370. The fourth-order valence-corrected chi connectivity index (χ4v) is 4.57. The summed E-state index contributed by atoms with van der Waals surface area (Å²) in [5, 5.41) is 19.8. The lowest BCUT2D eigenvalue weighted by Crippen LogP contribution is -1.95. The number of aryl methyl sites for hydroxylation is 3. The van der Waals surface area contributed by atoms with Crippen LogP contribution < -0.4 is 0 Å². The minimum atomic E-state index is 0.780. The summed E-state index contributed by atoms with van der Waals surface area (Å²) in [6, 6.07) is 19.8. The van der Waals surface area contributed by atoms with Crippen molar-refractivity contribution in [2.24, 2.45) is 0 Å². The van der Waals surface area contributed by atoms with Crippen LogP contribution in [0.25, 0.3) is 43.1 Å². The van der Waals surface area contributed by atoms with Gasteiger partial charge in [0.2, 0.25) is 0 Å². The zero-order valence-corrected chi connectivity index (χ0v) is 20.6. The van der Waals surface area contributed by atoms with Crippen LogP contribution in [0.3, 0.4) is 0 Å². The Balaban J connectivity index is 0.000000527. The molecule has 0 heterocycles. The zero-order chi connectivity index (χ0) is 23.3. The molecule has 0 amide bonds. The fraction of sp³-hybridized carbons (Fsp3) is 0.300. The fourth-order valence-electron chi connectivity index (χ4n) is 4.57. The van der Waals surface area contributed by atoms with Gasteiger partial charge in [-0.05, 0) is 81.2 Å². The van der Waals surface area contributed by atoms with Crippen molar-refractivity contribution in [3.63, 3.8) is 0 Å². The number of fused-ring (bicyclic) bond motifs is 2. The molecular weight excluding hydrogens is 374 g/mol. The molecule has 1 nitrogen and oxygen atoms in total. The Morgan fingerprint density at radius 1 is 0.548 bits per heavy atom. The van der Waals surface area contributed by atoms with Crippen LogP contribution in [-0.2, 0) is 0 Å². The number of hydrogen-bond acceptors (Lipinski definition) is 1. The molecule has 5 aromatic carbocycles. The van der Waals surface area contributed by atoms with Gasteiger partial charge in [-0.2, -0.15) is 5.26 Å². The van der Waals surface area contributed by atoms with Crippen LogP contribution in [0.4, 0.5) is 0 Å². The van der Waals surface area contributed by atoms with Crippen molar-refractivity contribution in [3.8, 4) is 6.07 Å². The van der Waals surface area contributed by atoms with Crippen molar-refractivity contribution >= 4 is 43.1 Å². The summed E-state index contributed by atoms with van der Waals surface area (Å²) in [7, 11) is 0. The molecule has 5 aromatic rings. The maximum Gasteiger partial charge on any atom is 0.0998 e. The number of rotatable bonds is 0. The second-order valence-corrected chi connectivity index (χ2v) is 7.07. The van der Waals surface area contributed by atoms with Gasteiger partial charge in [-0.1, -0.05) is 84.0 Å². The number of nitriles is 1. The smallest absolute Gasteiger partial charge is 0.0998 e. The molecule has 31 heavy (non-hydrogen) atoms. The number of hydrogen-bond donors (Lipinski definition) is 0. The molecule has 0 aliphatic carbocycles. The van der Waals surface area contributed by atoms with Gasteiger partial charge in [0, 0.05) is 5.39 Å². The van der Waals surface area contributed by atoms with E-state index in [0.29, 0.717) is 0 Å². The molecule has 0 N–H and O–H groups in total. The van der Waals surface area contributed by atoms with Crippen molar-refractivity contribution < 1.29 is 0 Å². The Labute approximate surface area is 187 Å². The summed E-state index contributed by atoms with van der Waals surface area (Å²) in [5.41, 5.74) is 4.46. The summed E-state index contributed by atoms with van der Waals surface area (Å²) in [6.07, 6.45) is 0. The second-order valence-electron chi connectivity index (χ2n) is 7.07. The van der Waals surface area contributed by atoms with Crippen molar-refractivity contribution in [1.29, 1.82) is 5.26 Å². The largest absolute Gasteiger partial charge is 0.192 e. The van der Waals surface area contributed by atoms with E-state index in [4.69, 9.17) is 0 Å². The van der Waals surface area contributed by atoms with Gasteiger partial charge in [0.1, 0.15) is 0 Å². The van der Waals surface area contributed by atoms with Crippen molar-refractivity contribution in [2.75, 3.05) is 0 Å². The number of nitrogens with zero attached hydrogens (tertiary/aromatic N) is 1. The van der Waals surface area contributed by atoms with E-state index >= 15 is 0 Å². The van der Waals surface area contributed by atoms with Crippen molar-refractivity contribution in [3.05, 3.63) is 70.8 Å². The molecule has 0 aromatic heterocycles. The topological polar surface area (TPSA) is 23.8 Å². The number of benzene rings is 5. The van der Waals surface area contributed by atoms with Gasteiger partial charge in [0.15, 0.2) is 0 Å². The predicted octanol–water partition coefficient (Wildman–Crippen LogP) is 9.61. The van der Waals surface area contributed by atoms with Gasteiger partial charge in [-0.25, -0.2) is 0 Å². The standard InChI is InChI=1S/C24H17N.3C2H6/c1-13-8-10-19-18-6-4-5-16-9-7-14(2)21(22(16)18)23-17(12-25)11-15(3)20(13)24(19)23;3*1-2/h4-11H,1-3H3;3*1-2H3. The van der Waals surface area contributed by atoms with Gasteiger partial charge in [-0.15, -0.1) is 0 Å². The molecule has 5 rings (SSSR count). The Morgan fingerprint density at radius 3 is 1.77 bits per heavy atom. The van der Waals surface area contributed by atoms with Crippen LogP contribution in [-0.4, -0.2) is 0 Å². The highest BCUT2D eigenvalue weighted by Gasteiger charge is 2.18. The molecule has 0 aliphatic rings. The minimum absolute atomic E-state index is 0.780. The van der Waals surface area contributed by atoms with Crippen molar-refractivity contribution in [2.45, 2.75) is 62.3 Å². The van der Waals surface area contributed by atoms with Gasteiger partial charge in [0.25, 0.3) is 0 Å². The van der Waals surface area contributed by atoms with Crippen molar-refractivity contribution in [1.82, 2.24) is 0 Å².